The molecule has 0 aliphatic heterocycles. The molecule has 11 heteroatoms. The number of aliphatic hydroxyl groups excluding tert-OH is 1. The van der Waals surface area contributed by atoms with Crippen LogP contribution >= 0.6 is 0 Å². The molecule has 1 aliphatic rings. The fourth-order valence-corrected chi connectivity index (χ4v) is 6.63. The minimum Gasteiger partial charge on any atom is -0.496 e. The van der Waals surface area contributed by atoms with Gasteiger partial charge in [0.2, 0.25) is 0 Å². The number of hydrogen-bond donors (Lipinski definition) is 3. The number of fused-ring (bicyclic) bond motifs is 1. The smallest absolute Gasteiger partial charge is 0.411 e. The van der Waals surface area contributed by atoms with Gasteiger partial charge in [-0.2, -0.15) is 0 Å². The van der Waals surface area contributed by atoms with Crippen LogP contribution in [0.2, 0.25) is 0 Å². The molecule has 0 radical (unpaired) electrons. The molecule has 3 N–H and O–H groups in total. The van der Waals surface area contributed by atoms with E-state index in [1.165, 1.54) is 25.3 Å². The lowest BCUT2D eigenvalue weighted by molar-refractivity contribution is 0.0980. The van der Waals surface area contributed by atoms with E-state index in [1.807, 2.05) is 36.0 Å². The standard InChI is InChI=1S/C34H35N3O7S/c1-37-22-26(29-21-27(16-17-30(29)37)35-34(40)44-28-11-4-5-12-28)19-24-14-15-25(20-31(24)43-2)33(39)36-45(41,42)32-13-6-3-9-23(32)10-7-8-18-38/h3,6,9,13-17,20-22,28,38H,4-5,8,11-12,18-19H2,1-2H3,(H,35,40)(H,36,39). The Morgan fingerprint density at radius 2 is 1.82 bits per heavy atom. The molecule has 1 heterocycles. The first-order valence-corrected chi connectivity index (χ1v) is 16.1. The lowest BCUT2D eigenvalue weighted by atomic mass is 10.0. The van der Waals surface area contributed by atoms with Crippen LogP contribution in [0.4, 0.5) is 10.5 Å². The molecule has 0 unspecified atom stereocenters. The molecule has 0 atom stereocenters. The predicted octanol–water partition coefficient (Wildman–Crippen LogP) is 5.12. The van der Waals surface area contributed by atoms with Crippen LogP contribution < -0.4 is 14.8 Å². The van der Waals surface area contributed by atoms with E-state index in [4.69, 9.17) is 14.6 Å². The van der Waals surface area contributed by atoms with Gasteiger partial charge in [0.05, 0.1) is 13.7 Å². The lowest BCUT2D eigenvalue weighted by Crippen LogP contribution is -2.31. The van der Waals surface area contributed by atoms with Crippen molar-refractivity contribution in [1.82, 2.24) is 9.29 Å². The fourth-order valence-electron chi connectivity index (χ4n) is 5.49. The number of ether oxygens (including phenoxy) is 2. The summed E-state index contributed by atoms with van der Waals surface area (Å²) in [5.41, 5.74) is 3.68. The summed E-state index contributed by atoms with van der Waals surface area (Å²) in [4.78, 5) is 25.4. The number of benzene rings is 3. The number of nitrogens with one attached hydrogen (secondary N) is 2. The first-order valence-electron chi connectivity index (χ1n) is 14.7. The van der Waals surface area contributed by atoms with E-state index in [2.05, 4.69) is 21.9 Å². The summed E-state index contributed by atoms with van der Waals surface area (Å²) in [6.07, 6.45) is 6.07. The predicted molar refractivity (Wildman–Crippen MR) is 171 cm³/mol. The van der Waals surface area contributed by atoms with Gasteiger partial charge in [-0.05, 0) is 79.3 Å². The Hall–Kier alpha value is -4.79. The van der Waals surface area contributed by atoms with Crippen molar-refractivity contribution in [2.24, 2.45) is 7.05 Å². The number of rotatable bonds is 9. The minimum atomic E-state index is -4.24. The van der Waals surface area contributed by atoms with Gasteiger partial charge < -0.3 is 19.1 Å². The third-order valence-electron chi connectivity index (χ3n) is 7.69. The zero-order chi connectivity index (χ0) is 32.0. The van der Waals surface area contributed by atoms with E-state index in [0.717, 1.165) is 47.7 Å². The van der Waals surface area contributed by atoms with Gasteiger partial charge in [-0.3, -0.25) is 10.1 Å². The number of methoxy groups -OCH3 is 1. The number of carbonyl (C=O) groups excluding carboxylic acids is 2. The first-order chi connectivity index (χ1) is 21.7. The van der Waals surface area contributed by atoms with Gasteiger partial charge >= 0.3 is 6.09 Å². The first kappa shape index (κ1) is 31.6. The summed E-state index contributed by atoms with van der Waals surface area (Å²) in [6, 6.07) is 16.6. The maximum atomic E-state index is 13.1. The zero-order valence-corrected chi connectivity index (χ0v) is 25.9. The number of hydrogen-bond acceptors (Lipinski definition) is 7. The largest absolute Gasteiger partial charge is 0.496 e. The number of amides is 2. The highest BCUT2D eigenvalue weighted by atomic mass is 32.2. The Balaban J connectivity index is 1.34. The van der Waals surface area contributed by atoms with Gasteiger partial charge in [0.25, 0.3) is 15.9 Å². The Morgan fingerprint density at radius 3 is 2.58 bits per heavy atom. The molecule has 1 aromatic heterocycles. The zero-order valence-electron chi connectivity index (χ0n) is 25.1. The van der Waals surface area contributed by atoms with Crippen molar-refractivity contribution in [1.29, 1.82) is 0 Å². The number of carbonyl (C=O) groups is 2. The number of aromatic nitrogens is 1. The Labute approximate surface area is 262 Å². The summed E-state index contributed by atoms with van der Waals surface area (Å²) < 4.78 is 41.5. The fraction of sp³-hybridized carbons (Fsp3) is 0.294. The Bertz CT molecular complexity index is 1900. The third kappa shape index (κ3) is 7.48. The van der Waals surface area contributed by atoms with Crippen LogP contribution in [-0.2, 0) is 28.2 Å². The summed E-state index contributed by atoms with van der Waals surface area (Å²) >= 11 is 0. The van der Waals surface area contributed by atoms with Gasteiger partial charge in [-0.15, -0.1) is 0 Å². The molecule has 1 saturated carbocycles. The number of anilines is 1. The molecule has 4 aromatic rings. The van der Waals surface area contributed by atoms with E-state index in [-0.39, 0.29) is 35.2 Å². The SMILES string of the molecule is COc1cc(C(=O)NS(=O)(=O)c2ccccc2C#CCCO)ccc1Cc1cn(C)c2ccc(NC(=O)OC3CCCC3)cc12. The van der Waals surface area contributed by atoms with Gasteiger partial charge in [-0.1, -0.05) is 30.0 Å². The number of aryl methyl sites for hydroxylation is 1. The van der Waals surface area contributed by atoms with Crippen LogP contribution in [-0.4, -0.2) is 49.9 Å². The quantitative estimate of drug-likeness (QED) is 0.219. The second-order valence-electron chi connectivity index (χ2n) is 10.8. The Morgan fingerprint density at radius 1 is 1.04 bits per heavy atom. The molecule has 3 aromatic carbocycles. The van der Waals surface area contributed by atoms with Crippen molar-refractivity contribution in [3.05, 3.63) is 89.1 Å². The molecule has 0 saturated heterocycles. The summed E-state index contributed by atoms with van der Waals surface area (Å²) in [5.74, 6) is 5.04. The van der Waals surface area contributed by atoms with Crippen LogP contribution in [0.15, 0.2) is 71.8 Å². The maximum Gasteiger partial charge on any atom is 0.411 e. The second kappa shape index (κ2) is 13.9. The van der Waals surface area contributed by atoms with Crippen molar-refractivity contribution < 1.29 is 32.6 Å². The molecule has 234 valence electrons. The van der Waals surface area contributed by atoms with Gasteiger partial charge in [-0.25, -0.2) is 17.9 Å². The highest BCUT2D eigenvalue weighted by molar-refractivity contribution is 7.90. The van der Waals surface area contributed by atoms with E-state index in [1.54, 1.807) is 24.3 Å². The number of sulfonamides is 1. The van der Waals surface area contributed by atoms with Crippen LogP contribution in [0.5, 0.6) is 5.75 Å². The van der Waals surface area contributed by atoms with E-state index in [0.29, 0.717) is 17.9 Å². The molecular weight excluding hydrogens is 594 g/mol. The van der Waals surface area contributed by atoms with Crippen molar-refractivity contribution in [2.75, 3.05) is 19.0 Å². The van der Waals surface area contributed by atoms with Gasteiger partial charge in [0.1, 0.15) is 16.7 Å². The van der Waals surface area contributed by atoms with E-state index in [9.17, 15) is 18.0 Å². The normalized spacial score (nSPS) is 13.2. The van der Waals surface area contributed by atoms with Crippen molar-refractivity contribution in [2.45, 2.75) is 49.5 Å². The minimum absolute atomic E-state index is 0.0360. The van der Waals surface area contributed by atoms with Gasteiger partial charge in [0.15, 0.2) is 0 Å². The van der Waals surface area contributed by atoms with Crippen molar-refractivity contribution in [3.63, 3.8) is 0 Å². The average molecular weight is 630 g/mol. The monoisotopic (exact) mass is 629 g/mol. The van der Waals surface area contributed by atoms with Crippen LogP contribution in [0.25, 0.3) is 10.9 Å². The van der Waals surface area contributed by atoms with Gasteiger partial charge in [0, 0.05) is 53.8 Å². The average Bonchev–Trinajstić information content (AvgIpc) is 3.64. The summed E-state index contributed by atoms with van der Waals surface area (Å²) in [6.45, 7) is -0.147. The molecule has 0 spiro atoms. The Kier molecular flexibility index (Phi) is 9.76. The highest BCUT2D eigenvalue weighted by Gasteiger charge is 2.23. The molecule has 2 amide bonds. The second-order valence-corrected chi connectivity index (χ2v) is 12.5. The molecule has 5 rings (SSSR count). The topological polar surface area (TPSA) is 136 Å². The van der Waals surface area contributed by atoms with Crippen LogP contribution in [0, 0.1) is 11.8 Å². The number of aliphatic hydroxyl groups is 1. The summed E-state index contributed by atoms with van der Waals surface area (Å²) in [5, 5.41) is 12.8. The van der Waals surface area contributed by atoms with Crippen molar-refractivity contribution >= 4 is 38.6 Å². The third-order valence-corrected chi connectivity index (χ3v) is 9.08. The highest BCUT2D eigenvalue weighted by Crippen LogP contribution is 2.30. The molecule has 0 bridgehead atoms. The van der Waals surface area contributed by atoms with E-state index >= 15 is 0 Å². The molecular formula is C34H35N3O7S. The maximum absolute atomic E-state index is 13.1. The summed E-state index contributed by atoms with van der Waals surface area (Å²) in [7, 11) is -0.817. The number of nitrogens with zero attached hydrogens (tertiary/aromatic N) is 1. The van der Waals surface area contributed by atoms with Crippen molar-refractivity contribution in [3.8, 4) is 17.6 Å². The van der Waals surface area contributed by atoms with Crippen LogP contribution in [0.1, 0.15) is 59.2 Å². The molecule has 1 aliphatic carbocycles. The van der Waals surface area contributed by atoms with E-state index < -0.39 is 22.0 Å². The molecule has 10 nitrogen and oxygen atoms in total. The molecule has 1 fully saturated rings. The molecule has 45 heavy (non-hydrogen) atoms. The lowest BCUT2D eigenvalue weighted by Gasteiger charge is -2.13. The van der Waals surface area contributed by atoms with Crippen LogP contribution in [0.3, 0.4) is 0 Å².